The lowest BCUT2D eigenvalue weighted by Crippen LogP contribution is -1.98. The second-order valence-electron chi connectivity index (χ2n) is 17.7. The molecule has 0 saturated heterocycles. The van der Waals surface area contributed by atoms with E-state index >= 15 is 0 Å². The molecule has 0 bridgehead atoms. The first-order chi connectivity index (χ1) is 33.7. The molecular formula is C66H44N2. The molecule has 0 aliphatic rings. The van der Waals surface area contributed by atoms with Crippen LogP contribution in [0.3, 0.4) is 0 Å². The predicted molar refractivity (Wildman–Crippen MR) is 288 cm³/mol. The Kier molecular flexibility index (Phi) is 9.54. The molecule has 0 aliphatic carbocycles. The molecule has 2 nitrogen and oxygen atoms in total. The number of rotatable bonds is 8. The van der Waals surface area contributed by atoms with Crippen LogP contribution in [0.25, 0.3) is 122 Å². The van der Waals surface area contributed by atoms with Crippen molar-refractivity contribution < 1.29 is 0 Å². The van der Waals surface area contributed by atoms with Crippen LogP contribution in [0.4, 0.5) is 0 Å². The summed E-state index contributed by atoms with van der Waals surface area (Å²) in [6.07, 6.45) is 0. The predicted octanol–water partition coefficient (Wildman–Crippen LogP) is 17.9. The van der Waals surface area contributed by atoms with Crippen molar-refractivity contribution in [3.63, 3.8) is 0 Å². The van der Waals surface area contributed by atoms with Crippen LogP contribution >= 0.6 is 0 Å². The average Bonchev–Trinajstić information content (AvgIpc) is 3.94. The number of hydrogen-bond donors (Lipinski definition) is 0. The molecule has 318 valence electrons. The zero-order valence-corrected chi connectivity index (χ0v) is 37.3. The van der Waals surface area contributed by atoms with E-state index in [4.69, 9.17) is 0 Å². The summed E-state index contributed by atoms with van der Waals surface area (Å²) in [6.45, 7) is 0. The van der Waals surface area contributed by atoms with Crippen LogP contribution in [0, 0.1) is 0 Å². The third-order valence-electron chi connectivity index (χ3n) is 13.7. The van der Waals surface area contributed by atoms with Gasteiger partial charge in [-0.3, -0.25) is 0 Å². The van der Waals surface area contributed by atoms with E-state index in [0.29, 0.717) is 0 Å². The highest BCUT2D eigenvalue weighted by molar-refractivity contribution is 6.17. The molecule has 11 aromatic carbocycles. The summed E-state index contributed by atoms with van der Waals surface area (Å²) in [7, 11) is 0. The molecule has 0 saturated carbocycles. The van der Waals surface area contributed by atoms with E-state index in [2.05, 4.69) is 276 Å². The highest BCUT2D eigenvalue weighted by atomic mass is 15.0. The van der Waals surface area contributed by atoms with Gasteiger partial charge in [0.25, 0.3) is 0 Å². The van der Waals surface area contributed by atoms with Crippen molar-refractivity contribution in [1.29, 1.82) is 0 Å². The van der Waals surface area contributed by atoms with Crippen LogP contribution in [-0.2, 0) is 0 Å². The van der Waals surface area contributed by atoms with Gasteiger partial charge in [0.2, 0.25) is 0 Å². The van der Waals surface area contributed by atoms with Gasteiger partial charge in [-0.05, 0) is 128 Å². The van der Waals surface area contributed by atoms with Crippen LogP contribution in [0.5, 0.6) is 0 Å². The van der Waals surface area contributed by atoms with Crippen LogP contribution in [0.2, 0.25) is 0 Å². The molecule has 0 spiro atoms. The Bertz CT molecular complexity index is 3980. The van der Waals surface area contributed by atoms with Crippen LogP contribution in [-0.4, -0.2) is 9.13 Å². The normalized spacial score (nSPS) is 11.5. The lowest BCUT2D eigenvalue weighted by Gasteiger charge is -2.16. The monoisotopic (exact) mass is 864 g/mol. The van der Waals surface area contributed by atoms with Gasteiger partial charge < -0.3 is 9.13 Å². The van der Waals surface area contributed by atoms with Crippen molar-refractivity contribution in [3.8, 4) is 78.1 Å². The first-order valence-corrected chi connectivity index (χ1v) is 23.4. The lowest BCUT2D eigenvalue weighted by atomic mass is 9.95. The maximum atomic E-state index is 2.49. The van der Waals surface area contributed by atoms with Gasteiger partial charge in [-0.25, -0.2) is 0 Å². The van der Waals surface area contributed by atoms with Crippen molar-refractivity contribution in [2.75, 3.05) is 0 Å². The highest BCUT2D eigenvalue weighted by Crippen LogP contribution is 2.44. The van der Waals surface area contributed by atoms with Gasteiger partial charge in [0.05, 0.1) is 27.8 Å². The molecular weight excluding hydrogens is 821 g/mol. The highest BCUT2D eigenvalue weighted by Gasteiger charge is 2.21. The number of hydrogen-bond acceptors (Lipinski definition) is 0. The fourth-order valence-corrected chi connectivity index (χ4v) is 10.5. The van der Waals surface area contributed by atoms with Crippen LogP contribution < -0.4 is 0 Å². The third-order valence-corrected chi connectivity index (χ3v) is 13.7. The van der Waals surface area contributed by atoms with E-state index in [9.17, 15) is 0 Å². The Balaban J connectivity index is 1.05. The molecule has 0 radical (unpaired) electrons. The van der Waals surface area contributed by atoms with Crippen LogP contribution in [0.15, 0.2) is 267 Å². The molecule has 68 heavy (non-hydrogen) atoms. The summed E-state index contributed by atoms with van der Waals surface area (Å²) < 4.78 is 4.92. The van der Waals surface area contributed by atoms with Gasteiger partial charge in [-0.1, -0.05) is 200 Å². The first kappa shape index (κ1) is 39.4. The third kappa shape index (κ3) is 6.73. The molecule has 2 aromatic heterocycles. The Morgan fingerprint density at radius 1 is 0.206 bits per heavy atom. The maximum absolute atomic E-state index is 2.49. The quantitative estimate of drug-likeness (QED) is 0.144. The molecule has 0 aliphatic heterocycles. The standard InChI is InChI=1S/C66H44N2/c1-6-18-45(19-7-1)49-26-16-27-54(40-49)57-30-17-31-64-66(57)60-43-52(35-39-63(60)67(64)55-28-14-5-15-29-55)51-34-38-62-59(42-51)58-41-50(46-20-8-2-9-21-46)33-37-61(58)68(62)65-44-53(47-22-10-3-11-23-47)32-36-56(65)48-24-12-4-13-25-48/h1-44H. The van der Waals surface area contributed by atoms with E-state index in [-0.39, 0.29) is 0 Å². The fraction of sp³-hybridized carbons (Fsp3) is 0. The minimum atomic E-state index is 1.14. The van der Waals surface area contributed by atoms with E-state index in [1.165, 1.54) is 110 Å². The van der Waals surface area contributed by atoms with E-state index < -0.39 is 0 Å². The molecule has 0 fully saturated rings. The van der Waals surface area contributed by atoms with Crippen molar-refractivity contribution in [2.24, 2.45) is 0 Å². The lowest BCUT2D eigenvalue weighted by molar-refractivity contribution is 1.18. The molecule has 13 aromatic rings. The molecule has 0 amide bonds. The molecule has 0 atom stereocenters. The van der Waals surface area contributed by atoms with E-state index in [1.807, 2.05) is 0 Å². The van der Waals surface area contributed by atoms with Gasteiger partial charge in [0, 0.05) is 32.8 Å². The molecule has 0 unspecified atom stereocenters. The van der Waals surface area contributed by atoms with Crippen molar-refractivity contribution in [1.82, 2.24) is 9.13 Å². The minimum absolute atomic E-state index is 1.14. The number of fused-ring (bicyclic) bond motifs is 6. The van der Waals surface area contributed by atoms with Crippen LogP contribution in [0.1, 0.15) is 0 Å². The Labute approximate surface area is 395 Å². The Hall–Kier alpha value is -8.98. The Morgan fingerprint density at radius 3 is 1.19 bits per heavy atom. The zero-order valence-electron chi connectivity index (χ0n) is 37.3. The van der Waals surface area contributed by atoms with Gasteiger partial charge in [-0.15, -0.1) is 0 Å². The molecule has 2 heterocycles. The summed E-state index contributed by atoms with van der Waals surface area (Å²) in [5, 5.41) is 4.90. The fourth-order valence-electron chi connectivity index (χ4n) is 10.5. The Morgan fingerprint density at radius 2 is 0.618 bits per heavy atom. The first-order valence-electron chi connectivity index (χ1n) is 23.4. The van der Waals surface area contributed by atoms with E-state index in [0.717, 1.165) is 11.4 Å². The number of benzene rings is 11. The van der Waals surface area contributed by atoms with E-state index in [1.54, 1.807) is 0 Å². The summed E-state index contributed by atoms with van der Waals surface area (Å²) in [6, 6.07) is 97.5. The zero-order chi connectivity index (χ0) is 45.0. The summed E-state index contributed by atoms with van der Waals surface area (Å²) in [4.78, 5) is 0. The largest absolute Gasteiger partial charge is 0.309 e. The topological polar surface area (TPSA) is 9.86 Å². The smallest absolute Gasteiger partial charge is 0.0547 e. The van der Waals surface area contributed by atoms with Gasteiger partial charge >= 0.3 is 0 Å². The van der Waals surface area contributed by atoms with Crippen molar-refractivity contribution in [2.45, 2.75) is 0 Å². The maximum Gasteiger partial charge on any atom is 0.0547 e. The summed E-state index contributed by atoms with van der Waals surface area (Å²) in [5.41, 5.74) is 21.3. The minimum Gasteiger partial charge on any atom is -0.309 e. The number of nitrogens with zero attached hydrogens (tertiary/aromatic N) is 2. The van der Waals surface area contributed by atoms with Gasteiger partial charge in [0.1, 0.15) is 0 Å². The summed E-state index contributed by atoms with van der Waals surface area (Å²) in [5.74, 6) is 0. The van der Waals surface area contributed by atoms with Crippen molar-refractivity contribution in [3.05, 3.63) is 267 Å². The second kappa shape index (κ2) is 16.5. The molecule has 2 heteroatoms. The average molecular weight is 865 g/mol. The number of aromatic nitrogens is 2. The summed E-state index contributed by atoms with van der Waals surface area (Å²) >= 11 is 0. The SMILES string of the molecule is c1ccc(-c2cccc(-c3cccc4c3c3cc(-c5ccc6c(c5)c5cc(-c7ccccc7)ccc5n6-c5cc(-c6ccccc6)ccc5-c5ccccc5)ccc3n4-c3ccccc3)c2)cc1. The molecule has 0 N–H and O–H groups in total. The van der Waals surface area contributed by atoms with Gasteiger partial charge in [0.15, 0.2) is 0 Å². The van der Waals surface area contributed by atoms with Crippen molar-refractivity contribution >= 4 is 43.6 Å². The van der Waals surface area contributed by atoms with Gasteiger partial charge in [-0.2, -0.15) is 0 Å². The molecule has 13 rings (SSSR count). The number of para-hydroxylation sites is 1. The second-order valence-corrected chi connectivity index (χ2v) is 17.7.